The van der Waals surface area contributed by atoms with Gasteiger partial charge in [-0.2, -0.15) is 5.10 Å². The molecule has 0 saturated carbocycles. The summed E-state index contributed by atoms with van der Waals surface area (Å²) in [6.07, 6.45) is 0. The average Bonchev–Trinajstić information content (AvgIpc) is 2.41. The second-order valence-corrected chi connectivity index (χ2v) is 3.62. The summed E-state index contributed by atoms with van der Waals surface area (Å²) < 4.78 is 4.91. The van der Waals surface area contributed by atoms with Crippen molar-refractivity contribution in [3.63, 3.8) is 0 Å². The first kappa shape index (κ1) is 12.6. The number of rotatable bonds is 3. The molecule has 1 aromatic carbocycles. The zero-order valence-electron chi connectivity index (χ0n) is 10.0. The van der Waals surface area contributed by atoms with E-state index in [-0.39, 0.29) is 28.4 Å². The molecule has 0 radical (unpaired) electrons. The van der Waals surface area contributed by atoms with Crippen LogP contribution in [0.15, 0.2) is 35.1 Å². The second kappa shape index (κ2) is 5.21. The number of phenolic OH excluding ortho intramolecular Hbond substituents is 1. The van der Waals surface area contributed by atoms with E-state index in [1.165, 1.54) is 31.4 Å². The maximum absolute atomic E-state index is 11.9. The zero-order valence-corrected chi connectivity index (χ0v) is 10.0. The van der Waals surface area contributed by atoms with E-state index in [2.05, 4.69) is 15.5 Å². The number of ether oxygens (including phenoxy) is 1. The number of nitrogens with one attached hydrogen (secondary N) is 2. The predicted octanol–water partition coefficient (Wildman–Crippen LogP) is 0.736. The number of H-pyrrole nitrogens is 1. The van der Waals surface area contributed by atoms with Crippen LogP contribution in [0.2, 0.25) is 0 Å². The number of carbonyl (C=O) groups is 1. The van der Waals surface area contributed by atoms with Gasteiger partial charge in [-0.05, 0) is 18.2 Å². The lowest BCUT2D eigenvalue weighted by Crippen LogP contribution is -2.16. The van der Waals surface area contributed by atoms with Crippen LogP contribution in [0.3, 0.4) is 0 Å². The number of hydrogen-bond donors (Lipinski definition) is 3. The third kappa shape index (κ3) is 2.71. The molecule has 1 amide bonds. The highest BCUT2D eigenvalue weighted by atomic mass is 16.5. The standard InChI is InChI=1S/C12H11N3O4/c1-19-8-4-2-3-7(11(8)17)12(18)13-9-5-6-10(16)15-14-9/h2-6,17H,1H3,(H,15,16)(H,13,14,18). The van der Waals surface area contributed by atoms with Crippen LogP contribution in [0.5, 0.6) is 11.5 Å². The molecular weight excluding hydrogens is 250 g/mol. The van der Waals surface area contributed by atoms with E-state index >= 15 is 0 Å². The molecule has 0 spiro atoms. The van der Waals surface area contributed by atoms with Crippen molar-refractivity contribution < 1.29 is 14.6 Å². The highest BCUT2D eigenvalue weighted by Gasteiger charge is 2.15. The van der Waals surface area contributed by atoms with E-state index in [0.29, 0.717) is 0 Å². The van der Waals surface area contributed by atoms with E-state index in [1.807, 2.05) is 0 Å². The molecule has 0 aliphatic carbocycles. The summed E-state index contributed by atoms with van der Waals surface area (Å²) in [5.74, 6) is -0.447. The highest BCUT2D eigenvalue weighted by Crippen LogP contribution is 2.29. The van der Waals surface area contributed by atoms with Gasteiger partial charge < -0.3 is 15.2 Å². The topological polar surface area (TPSA) is 104 Å². The number of aromatic nitrogens is 2. The molecule has 1 heterocycles. The van der Waals surface area contributed by atoms with Crippen LogP contribution < -0.4 is 15.6 Å². The third-order valence-electron chi connectivity index (χ3n) is 2.38. The molecular formula is C12H11N3O4. The van der Waals surface area contributed by atoms with Gasteiger partial charge in [-0.15, -0.1) is 0 Å². The minimum absolute atomic E-state index is 0.0485. The Morgan fingerprint density at radius 2 is 2.16 bits per heavy atom. The maximum Gasteiger partial charge on any atom is 0.264 e. The van der Waals surface area contributed by atoms with Gasteiger partial charge >= 0.3 is 0 Å². The summed E-state index contributed by atoms with van der Waals surface area (Å²) in [5, 5.41) is 18.1. The smallest absolute Gasteiger partial charge is 0.264 e. The number of benzene rings is 1. The lowest BCUT2D eigenvalue weighted by molar-refractivity contribution is 0.102. The van der Waals surface area contributed by atoms with Crippen molar-refractivity contribution in [3.8, 4) is 11.5 Å². The monoisotopic (exact) mass is 261 g/mol. The van der Waals surface area contributed by atoms with Gasteiger partial charge in [-0.1, -0.05) is 6.07 Å². The van der Waals surface area contributed by atoms with Crippen molar-refractivity contribution in [2.24, 2.45) is 0 Å². The van der Waals surface area contributed by atoms with E-state index in [4.69, 9.17) is 4.74 Å². The number of hydrogen-bond acceptors (Lipinski definition) is 5. The van der Waals surface area contributed by atoms with Crippen molar-refractivity contribution in [1.29, 1.82) is 0 Å². The molecule has 2 rings (SSSR count). The Kier molecular flexibility index (Phi) is 3.46. The van der Waals surface area contributed by atoms with E-state index in [1.54, 1.807) is 6.07 Å². The number of phenols is 1. The number of methoxy groups -OCH3 is 1. The van der Waals surface area contributed by atoms with Crippen molar-refractivity contribution in [2.75, 3.05) is 12.4 Å². The van der Waals surface area contributed by atoms with Crippen LogP contribution in [-0.4, -0.2) is 28.3 Å². The number of amides is 1. The fraction of sp³-hybridized carbons (Fsp3) is 0.0833. The number of nitrogens with zero attached hydrogens (tertiary/aromatic N) is 1. The van der Waals surface area contributed by atoms with Crippen molar-refractivity contribution in [3.05, 3.63) is 46.2 Å². The Labute approximate surface area is 107 Å². The van der Waals surface area contributed by atoms with Crippen LogP contribution in [0.4, 0.5) is 5.82 Å². The average molecular weight is 261 g/mol. The van der Waals surface area contributed by atoms with Gasteiger partial charge in [-0.3, -0.25) is 9.59 Å². The SMILES string of the molecule is COc1cccc(C(=O)Nc2ccc(=O)[nH]n2)c1O. The first-order valence-corrected chi connectivity index (χ1v) is 5.35. The molecule has 0 fully saturated rings. The van der Waals surface area contributed by atoms with Gasteiger partial charge in [0.1, 0.15) is 0 Å². The molecule has 19 heavy (non-hydrogen) atoms. The molecule has 98 valence electrons. The Balaban J connectivity index is 2.25. The van der Waals surface area contributed by atoms with Gasteiger partial charge in [-0.25, -0.2) is 5.10 Å². The Morgan fingerprint density at radius 1 is 1.37 bits per heavy atom. The Bertz CT molecular complexity index is 646. The summed E-state index contributed by atoms with van der Waals surface area (Å²) in [6.45, 7) is 0. The van der Waals surface area contributed by atoms with E-state index < -0.39 is 5.91 Å². The van der Waals surface area contributed by atoms with Gasteiger partial charge in [0.25, 0.3) is 11.5 Å². The number of anilines is 1. The van der Waals surface area contributed by atoms with E-state index in [0.717, 1.165) is 0 Å². The quantitative estimate of drug-likeness (QED) is 0.755. The van der Waals surface area contributed by atoms with Crippen LogP contribution >= 0.6 is 0 Å². The molecule has 0 bridgehead atoms. The largest absolute Gasteiger partial charge is 0.504 e. The van der Waals surface area contributed by atoms with Crippen LogP contribution in [0, 0.1) is 0 Å². The van der Waals surface area contributed by atoms with Crippen molar-refractivity contribution >= 4 is 11.7 Å². The first-order valence-electron chi connectivity index (χ1n) is 5.35. The highest BCUT2D eigenvalue weighted by molar-refractivity contribution is 6.06. The zero-order chi connectivity index (χ0) is 13.8. The van der Waals surface area contributed by atoms with Crippen LogP contribution in [0.1, 0.15) is 10.4 Å². The molecule has 1 aromatic heterocycles. The maximum atomic E-state index is 11.9. The fourth-order valence-corrected chi connectivity index (χ4v) is 1.47. The summed E-state index contributed by atoms with van der Waals surface area (Å²) in [6, 6.07) is 7.14. The van der Waals surface area contributed by atoms with Crippen LogP contribution in [0.25, 0.3) is 0 Å². The molecule has 0 unspecified atom stereocenters. The lowest BCUT2D eigenvalue weighted by atomic mass is 10.1. The van der Waals surface area contributed by atoms with E-state index in [9.17, 15) is 14.7 Å². The number of para-hydroxylation sites is 1. The summed E-state index contributed by atoms with van der Waals surface area (Å²) in [4.78, 5) is 22.8. The molecule has 7 heteroatoms. The fourth-order valence-electron chi connectivity index (χ4n) is 1.47. The minimum Gasteiger partial charge on any atom is -0.504 e. The normalized spacial score (nSPS) is 9.95. The van der Waals surface area contributed by atoms with Crippen LogP contribution in [-0.2, 0) is 0 Å². The third-order valence-corrected chi connectivity index (χ3v) is 2.38. The molecule has 3 N–H and O–H groups in total. The predicted molar refractivity (Wildman–Crippen MR) is 67.5 cm³/mol. The molecule has 0 saturated heterocycles. The van der Waals surface area contributed by atoms with Gasteiger partial charge in [0.2, 0.25) is 0 Å². The van der Waals surface area contributed by atoms with Gasteiger partial charge in [0, 0.05) is 6.07 Å². The molecule has 7 nitrogen and oxygen atoms in total. The number of aromatic hydroxyl groups is 1. The second-order valence-electron chi connectivity index (χ2n) is 3.62. The Morgan fingerprint density at radius 3 is 2.79 bits per heavy atom. The first-order chi connectivity index (χ1) is 9.11. The van der Waals surface area contributed by atoms with Gasteiger partial charge in [0.05, 0.1) is 12.7 Å². The summed E-state index contributed by atoms with van der Waals surface area (Å²) >= 11 is 0. The number of aromatic amines is 1. The van der Waals surface area contributed by atoms with Crippen molar-refractivity contribution in [2.45, 2.75) is 0 Å². The van der Waals surface area contributed by atoms with Crippen molar-refractivity contribution in [1.82, 2.24) is 10.2 Å². The number of carbonyl (C=O) groups excluding carboxylic acids is 1. The summed E-state index contributed by atoms with van der Waals surface area (Å²) in [7, 11) is 1.39. The lowest BCUT2D eigenvalue weighted by Gasteiger charge is -2.08. The minimum atomic E-state index is -0.559. The Hall–Kier alpha value is -2.83. The molecule has 0 aliphatic heterocycles. The van der Waals surface area contributed by atoms with Gasteiger partial charge in [0.15, 0.2) is 17.3 Å². The molecule has 0 atom stereocenters. The summed E-state index contributed by atoms with van der Waals surface area (Å²) in [5.41, 5.74) is -0.324. The molecule has 2 aromatic rings. The molecule has 0 aliphatic rings.